The zero-order chi connectivity index (χ0) is 13.8. The Labute approximate surface area is 109 Å². The SMILES string of the molecule is CCC(COc1cc(C)ccc1C)CS(N)(=O)=O. The molecule has 0 aliphatic carbocycles. The predicted molar refractivity (Wildman–Crippen MR) is 73.2 cm³/mol. The Hall–Kier alpha value is -1.07. The van der Waals surface area contributed by atoms with Crippen LogP contribution < -0.4 is 9.88 Å². The molecule has 0 spiro atoms. The fourth-order valence-electron chi connectivity index (χ4n) is 1.68. The summed E-state index contributed by atoms with van der Waals surface area (Å²) >= 11 is 0. The Morgan fingerprint density at radius 3 is 2.56 bits per heavy atom. The van der Waals surface area contributed by atoms with Gasteiger partial charge in [-0.2, -0.15) is 0 Å². The summed E-state index contributed by atoms with van der Waals surface area (Å²) in [6.07, 6.45) is 0.724. The first kappa shape index (κ1) is 15.0. The first-order valence-corrected chi connectivity index (χ1v) is 7.74. The second-order valence-electron chi connectivity index (χ2n) is 4.68. The highest BCUT2D eigenvalue weighted by Gasteiger charge is 2.15. The highest BCUT2D eigenvalue weighted by Crippen LogP contribution is 2.20. The van der Waals surface area contributed by atoms with Crippen LogP contribution in [0.2, 0.25) is 0 Å². The molecule has 0 amide bonds. The van der Waals surface area contributed by atoms with E-state index in [1.54, 1.807) is 0 Å². The third-order valence-corrected chi connectivity index (χ3v) is 3.80. The molecule has 5 heteroatoms. The Morgan fingerprint density at radius 1 is 1.33 bits per heavy atom. The van der Waals surface area contributed by atoms with Gasteiger partial charge in [-0.15, -0.1) is 0 Å². The number of benzene rings is 1. The Kier molecular flexibility index (Phi) is 5.16. The lowest BCUT2D eigenvalue weighted by Crippen LogP contribution is -2.26. The largest absolute Gasteiger partial charge is 0.493 e. The van der Waals surface area contributed by atoms with Crippen molar-refractivity contribution in [2.45, 2.75) is 27.2 Å². The van der Waals surface area contributed by atoms with E-state index in [-0.39, 0.29) is 11.7 Å². The highest BCUT2D eigenvalue weighted by molar-refractivity contribution is 7.89. The van der Waals surface area contributed by atoms with Crippen molar-refractivity contribution in [3.63, 3.8) is 0 Å². The zero-order valence-corrected chi connectivity index (χ0v) is 12.0. The van der Waals surface area contributed by atoms with E-state index in [1.807, 2.05) is 39.0 Å². The second kappa shape index (κ2) is 6.20. The molecule has 4 nitrogen and oxygen atoms in total. The quantitative estimate of drug-likeness (QED) is 0.860. The third-order valence-electron chi connectivity index (χ3n) is 2.86. The summed E-state index contributed by atoms with van der Waals surface area (Å²) in [5.41, 5.74) is 2.17. The van der Waals surface area contributed by atoms with Gasteiger partial charge in [0.2, 0.25) is 10.0 Å². The Bertz CT molecular complexity index is 497. The Morgan fingerprint density at radius 2 is 2.00 bits per heavy atom. The van der Waals surface area contributed by atoms with Crippen molar-refractivity contribution in [2.75, 3.05) is 12.4 Å². The molecule has 0 fully saturated rings. The highest BCUT2D eigenvalue weighted by atomic mass is 32.2. The first-order chi connectivity index (χ1) is 8.31. The van der Waals surface area contributed by atoms with Crippen molar-refractivity contribution >= 4 is 10.0 Å². The average molecular weight is 271 g/mol. The van der Waals surface area contributed by atoms with Crippen LogP contribution in [0, 0.1) is 19.8 Å². The third kappa shape index (κ3) is 5.06. The number of nitrogens with two attached hydrogens (primary N) is 1. The van der Waals surface area contributed by atoms with E-state index in [9.17, 15) is 8.42 Å². The molecular weight excluding hydrogens is 250 g/mol. The molecule has 1 unspecified atom stereocenters. The summed E-state index contributed by atoms with van der Waals surface area (Å²) in [7, 11) is -3.44. The van der Waals surface area contributed by atoms with Crippen molar-refractivity contribution < 1.29 is 13.2 Å². The maximum Gasteiger partial charge on any atom is 0.209 e. The minimum Gasteiger partial charge on any atom is -0.493 e. The molecule has 1 aromatic rings. The summed E-state index contributed by atoms with van der Waals surface area (Å²) in [6.45, 7) is 6.27. The molecule has 0 aliphatic heterocycles. The smallest absolute Gasteiger partial charge is 0.209 e. The molecule has 0 radical (unpaired) electrons. The van der Waals surface area contributed by atoms with Crippen LogP contribution in [0.1, 0.15) is 24.5 Å². The number of sulfonamides is 1. The van der Waals surface area contributed by atoms with E-state index in [0.29, 0.717) is 6.61 Å². The molecule has 0 aliphatic rings. The van der Waals surface area contributed by atoms with Gasteiger partial charge in [-0.05, 0) is 37.5 Å². The lowest BCUT2D eigenvalue weighted by atomic mass is 10.1. The summed E-state index contributed by atoms with van der Waals surface area (Å²) in [6, 6.07) is 5.97. The number of hydrogen-bond donors (Lipinski definition) is 1. The van der Waals surface area contributed by atoms with E-state index >= 15 is 0 Å². The van der Waals surface area contributed by atoms with Crippen LogP contribution in [0.3, 0.4) is 0 Å². The van der Waals surface area contributed by atoms with Gasteiger partial charge in [-0.1, -0.05) is 19.1 Å². The van der Waals surface area contributed by atoms with Crippen molar-refractivity contribution in [3.8, 4) is 5.75 Å². The van der Waals surface area contributed by atoms with Crippen LogP contribution in [0.5, 0.6) is 5.75 Å². The number of aryl methyl sites for hydroxylation is 2. The fourth-order valence-corrected chi connectivity index (χ4v) is 2.67. The molecule has 2 N–H and O–H groups in total. The maximum atomic E-state index is 11.1. The normalized spacial score (nSPS) is 13.3. The monoisotopic (exact) mass is 271 g/mol. The molecule has 1 aromatic carbocycles. The standard InChI is InChI=1S/C13H21NO3S/c1-4-12(9-18(14,15)16)8-17-13-7-10(2)5-6-11(13)3/h5-7,12H,4,8-9H2,1-3H3,(H2,14,15,16). The summed E-state index contributed by atoms with van der Waals surface area (Å²) < 4.78 is 27.8. The lowest BCUT2D eigenvalue weighted by Gasteiger charge is -2.16. The first-order valence-electron chi connectivity index (χ1n) is 6.02. The second-order valence-corrected chi connectivity index (χ2v) is 6.34. The van der Waals surface area contributed by atoms with Crippen molar-refractivity contribution in [2.24, 2.45) is 11.1 Å². The molecular formula is C13H21NO3S. The van der Waals surface area contributed by atoms with E-state index in [2.05, 4.69) is 0 Å². The van der Waals surface area contributed by atoms with Crippen LogP contribution in [0.15, 0.2) is 18.2 Å². The summed E-state index contributed by atoms with van der Waals surface area (Å²) in [4.78, 5) is 0. The minimum atomic E-state index is -3.44. The molecule has 1 atom stereocenters. The van der Waals surface area contributed by atoms with E-state index < -0.39 is 10.0 Å². The van der Waals surface area contributed by atoms with Crippen molar-refractivity contribution in [1.82, 2.24) is 0 Å². The molecule has 0 saturated heterocycles. The van der Waals surface area contributed by atoms with Gasteiger partial charge in [0.05, 0.1) is 12.4 Å². The topological polar surface area (TPSA) is 69.4 Å². The molecule has 0 heterocycles. The molecule has 0 aromatic heterocycles. The molecule has 18 heavy (non-hydrogen) atoms. The summed E-state index contributed by atoms with van der Waals surface area (Å²) in [5.74, 6) is 0.705. The van der Waals surface area contributed by atoms with Gasteiger partial charge < -0.3 is 4.74 Å². The zero-order valence-electron chi connectivity index (χ0n) is 11.1. The maximum absolute atomic E-state index is 11.1. The number of rotatable bonds is 6. The van der Waals surface area contributed by atoms with Crippen LogP contribution in [0.4, 0.5) is 0 Å². The summed E-state index contributed by atoms with van der Waals surface area (Å²) in [5, 5.41) is 5.05. The van der Waals surface area contributed by atoms with Gasteiger partial charge in [0, 0.05) is 5.92 Å². The van der Waals surface area contributed by atoms with Gasteiger partial charge in [0.25, 0.3) is 0 Å². The van der Waals surface area contributed by atoms with Gasteiger partial charge in [-0.25, -0.2) is 13.6 Å². The predicted octanol–water partition coefficient (Wildman–Crippen LogP) is 2.00. The van der Waals surface area contributed by atoms with E-state index in [1.165, 1.54) is 0 Å². The minimum absolute atomic E-state index is 0.0334. The Balaban J connectivity index is 2.65. The van der Waals surface area contributed by atoms with E-state index in [0.717, 1.165) is 23.3 Å². The lowest BCUT2D eigenvalue weighted by molar-refractivity contribution is 0.256. The van der Waals surface area contributed by atoms with E-state index in [4.69, 9.17) is 9.88 Å². The van der Waals surface area contributed by atoms with Crippen molar-refractivity contribution in [1.29, 1.82) is 0 Å². The van der Waals surface area contributed by atoms with Crippen molar-refractivity contribution in [3.05, 3.63) is 29.3 Å². The van der Waals surface area contributed by atoms with Gasteiger partial charge >= 0.3 is 0 Å². The van der Waals surface area contributed by atoms with Gasteiger partial charge in [-0.3, -0.25) is 0 Å². The number of primary sulfonamides is 1. The van der Waals surface area contributed by atoms with Crippen LogP contribution in [0.25, 0.3) is 0 Å². The number of ether oxygens (including phenoxy) is 1. The fraction of sp³-hybridized carbons (Fsp3) is 0.538. The van der Waals surface area contributed by atoms with Gasteiger partial charge in [0.15, 0.2) is 0 Å². The molecule has 0 bridgehead atoms. The molecule has 102 valence electrons. The average Bonchev–Trinajstić information content (AvgIpc) is 2.27. The van der Waals surface area contributed by atoms with Crippen LogP contribution in [-0.2, 0) is 10.0 Å². The molecule has 1 rings (SSSR count). The van der Waals surface area contributed by atoms with Gasteiger partial charge in [0.1, 0.15) is 5.75 Å². The number of hydrogen-bond acceptors (Lipinski definition) is 3. The van der Waals surface area contributed by atoms with Crippen LogP contribution in [-0.4, -0.2) is 20.8 Å². The molecule has 0 saturated carbocycles. The van der Waals surface area contributed by atoms with Crippen LogP contribution >= 0.6 is 0 Å².